The van der Waals surface area contributed by atoms with Crippen LogP contribution in [0.5, 0.6) is 5.75 Å². The second kappa shape index (κ2) is 7.54. The first-order chi connectivity index (χ1) is 9.33. The lowest BCUT2D eigenvalue weighted by Gasteiger charge is -2.34. The van der Waals surface area contributed by atoms with Gasteiger partial charge in [0.15, 0.2) is 0 Å². The summed E-state index contributed by atoms with van der Waals surface area (Å²) in [5.74, 6) is 2.69. The van der Waals surface area contributed by atoms with Gasteiger partial charge in [-0.15, -0.1) is 0 Å². The van der Waals surface area contributed by atoms with Gasteiger partial charge < -0.3 is 10.1 Å². The third-order valence-electron chi connectivity index (χ3n) is 4.28. The van der Waals surface area contributed by atoms with E-state index in [1.807, 2.05) is 6.07 Å². The monoisotopic (exact) mass is 261 g/mol. The number of hydrogen-bond donors (Lipinski definition) is 1. The number of benzene rings is 1. The molecule has 0 aromatic heterocycles. The zero-order chi connectivity index (χ0) is 13.5. The largest absolute Gasteiger partial charge is 0.497 e. The van der Waals surface area contributed by atoms with Gasteiger partial charge >= 0.3 is 0 Å². The second-order valence-corrected chi connectivity index (χ2v) is 5.71. The van der Waals surface area contributed by atoms with E-state index in [2.05, 4.69) is 30.4 Å². The standard InChI is InChI=1S/C17H27NO/c1-3-10-18-13-16(15-7-5-8-15)11-14-6-4-9-17(12-14)19-2/h4,6,9,12,15-16,18H,3,5,7-8,10-11,13H2,1-2H3. The van der Waals surface area contributed by atoms with E-state index in [1.165, 1.54) is 37.7 Å². The van der Waals surface area contributed by atoms with E-state index in [0.717, 1.165) is 30.7 Å². The lowest BCUT2D eigenvalue weighted by Crippen LogP contribution is -2.33. The molecule has 0 saturated heterocycles. The maximum atomic E-state index is 5.32. The predicted molar refractivity (Wildman–Crippen MR) is 80.7 cm³/mol. The summed E-state index contributed by atoms with van der Waals surface area (Å²) in [6.45, 7) is 4.53. The molecule has 19 heavy (non-hydrogen) atoms. The molecule has 1 aliphatic rings. The van der Waals surface area contributed by atoms with Crippen molar-refractivity contribution in [2.75, 3.05) is 20.2 Å². The second-order valence-electron chi connectivity index (χ2n) is 5.71. The Morgan fingerprint density at radius 1 is 1.37 bits per heavy atom. The summed E-state index contributed by atoms with van der Waals surface area (Å²) in [6.07, 6.45) is 6.66. The molecule has 1 aromatic carbocycles. The predicted octanol–water partition coefficient (Wildman–Crippen LogP) is 3.65. The summed E-state index contributed by atoms with van der Waals surface area (Å²) in [5.41, 5.74) is 1.41. The molecule has 2 rings (SSSR count). The minimum absolute atomic E-state index is 0.785. The fraction of sp³-hybridized carbons (Fsp3) is 0.647. The molecule has 0 heterocycles. The maximum Gasteiger partial charge on any atom is 0.119 e. The first-order valence-electron chi connectivity index (χ1n) is 7.67. The van der Waals surface area contributed by atoms with Gasteiger partial charge in [-0.3, -0.25) is 0 Å². The van der Waals surface area contributed by atoms with Gasteiger partial charge in [-0.2, -0.15) is 0 Å². The van der Waals surface area contributed by atoms with E-state index in [4.69, 9.17) is 4.74 Å². The fourth-order valence-corrected chi connectivity index (χ4v) is 2.88. The summed E-state index contributed by atoms with van der Waals surface area (Å²) < 4.78 is 5.32. The molecular formula is C17H27NO. The van der Waals surface area contributed by atoms with Gasteiger partial charge in [0.05, 0.1) is 7.11 Å². The Kier molecular flexibility index (Phi) is 5.71. The smallest absolute Gasteiger partial charge is 0.119 e. The number of hydrogen-bond acceptors (Lipinski definition) is 2. The molecule has 1 unspecified atom stereocenters. The van der Waals surface area contributed by atoms with Crippen LogP contribution in [-0.4, -0.2) is 20.2 Å². The molecule has 0 spiro atoms. The van der Waals surface area contributed by atoms with Crippen molar-refractivity contribution in [2.24, 2.45) is 11.8 Å². The molecule has 0 radical (unpaired) electrons. The molecule has 1 atom stereocenters. The van der Waals surface area contributed by atoms with E-state index in [0.29, 0.717) is 0 Å². The molecule has 1 aromatic rings. The zero-order valence-corrected chi connectivity index (χ0v) is 12.3. The van der Waals surface area contributed by atoms with Crippen LogP contribution >= 0.6 is 0 Å². The van der Waals surface area contributed by atoms with Crippen molar-refractivity contribution in [1.82, 2.24) is 5.32 Å². The van der Waals surface area contributed by atoms with Crippen LogP contribution in [0, 0.1) is 11.8 Å². The molecule has 106 valence electrons. The lowest BCUT2D eigenvalue weighted by atomic mass is 9.73. The van der Waals surface area contributed by atoms with Crippen LogP contribution < -0.4 is 10.1 Å². The van der Waals surface area contributed by atoms with Gasteiger partial charge in [0, 0.05) is 0 Å². The quantitative estimate of drug-likeness (QED) is 0.721. The van der Waals surface area contributed by atoms with E-state index in [1.54, 1.807) is 7.11 Å². The Morgan fingerprint density at radius 3 is 2.84 bits per heavy atom. The highest BCUT2D eigenvalue weighted by Gasteiger charge is 2.26. The molecule has 0 amide bonds. The van der Waals surface area contributed by atoms with E-state index in [-0.39, 0.29) is 0 Å². The van der Waals surface area contributed by atoms with Crippen molar-refractivity contribution in [1.29, 1.82) is 0 Å². The Balaban J connectivity index is 1.93. The Labute approximate surface area is 117 Å². The summed E-state index contributed by atoms with van der Waals surface area (Å²) >= 11 is 0. The van der Waals surface area contributed by atoms with Crippen LogP contribution in [0.1, 0.15) is 38.2 Å². The minimum atomic E-state index is 0.785. The molecule has 0 aliphatic heterocycles. The summed E-state index contributed by atoms with van der Waals surface area (Å²) in [4.78, 5) is 0. The van der Waals surface area contributed by atoms with Gasteiger partial charge in [0.25, 0.3) is 0 Å². The van der Waals surface area contributed by atoms with Crippen molar-refractivity contribution < 1.29 is 4.74 Å². The van der Waals surface area contributed by atoms with Crippen LogP contribution in [0.2, 0.25) is 0 Å². The molecular weight excluding hydrogens is 234 g/mol. The minimum Gasteiger partial charge on any atom is -0.497 e. The molecule has 2 heteroatoms. The molecule has 1 aliphatic carbocycles. The highest BCUT2D eigenvalue weighted by Crippen LogP contribution is 2.35. The number of methoxy groups -OCH3 is 1. The van der Waals surface area contributed by atoms with Crippen LogP contribution in [0.3, 0.4) is 0 Å². The zero-order valence-electron chi connectivity index (χ0n) is 12.3. The van der Waals surface area contributed by atoms with Gasteiger partial charge in [-0.05, 0) is 55.5 Å². The van der Waals surface area contributed by atoms with Crippen LogP contribution in [0.15, 0.2) is 24.3 Å². The highest BCUT2D eigenvalue weighted by atomic mass is 16.5. The van der Waals surface area contributed by atoms with Gasteiger partial charge in [0.2, 0.25) is 0 Å². The van der Waals surface area contributed by atoms with E-state index >= 15 is 0 Å². The first kappa shape index (κ1) is 14.4. The molecule has 1 saturated carbocycles. The molecule has 0 bridgehead atoms. The van der Waals surface area contributed by atoms with Crippen LogP contribution in [-0.2, 0) is 6.42 Å². The first-order valence-corrected chi connectivity index (χ1v) is 7.67. The molecule has 2 nitrogen and oxygen atoms in total. The molecule has 1 N–H and O–H groups in total. The molecule has 1 fully saturated rings. The SMILES string of the molecule is CCCNCC(Cc1cccc(OC)c1)C1CCC1. The number of nitrogens with one attached hydrogen (secondary N) is 1. The summed E-state index contributed by atoms with van der Waals surface area (Å²) in [5, 5.41) is 3.60. The number of rotatable bonds is 8. The van der Waals surface area contributed by atoms with Crippen molar-refractivity contribution in [2.45, 2.75) is 39.0 Å². The van der Waals surface area contributed by atoms with Crippen molar-refractivity contribution in [3.05, 3.63) is 29.8 Å². The van der Waals surface area contributed by atoms with E-state index < -0.39 is 0 Å². The summed E-state index contributed by atoms with van der Waals surface area (Å²) in [6, 6.07) is 8.54. The van der Waals surface area contributed by atoms with Crippen molar-refractivity contribution in [3.8, 4) is 5.75 Å². The highest BCUT2D eigenvalue weighted by molar-refractivity contribution is 5.28. The van der Waals surface area contributed by atoms with Gasteiger partial charge in [-0.1, -0.05) is 38.3 Å². The summed E-state index contributed by atoms with van der Waals surface area (Å²) in [7, 11) is 1.74. The Bertz CT molecular complexity index is 373. The Hall–Kier alpha value is -1.02. The normalized spacial score (nSPS) is 16.9. The lowest BCUT2D eigenvalue weighted by molar-refractivity contribution is 0.200. The number of ether oxygens (including phenoxy) is 1. The average molecular weight is 261 g/mol. The third kappa shape index (κ3) is 4.24. The van der Waals surface area contributed by atoms with Crippen molar-refractivity contribution in [3.63, 3.8) is 0 Å². The fourth-order valence-electron chi connectivity index (χ4n) is 2.88. The van der Waals surface area contributed by atoms with Gasteiger partial charge in [-0.25, -0.2) is 0 Å². The van der Waals surface area contributed by atoms with Gasteiger partial charge in [0.1, 0.15) is 5.75 Å². The van der Waals surface area contributed by atoms with E-state index in [9.17, 15) is 0 Å². The average Bonchev–Trinajstić information content (AvgIpc) is 2.37. The van der Waals surface area contributed by atoms with Crippen LogP contribution in [0.25, 0.3) is 0 Å². The maximum absolute atomic E-state index is 5.32. The Morgan fingerprint density at radius 2 is 2.21 bits per heavy atom. The van der Waals surface area contributed by atoms with Crippen LogP contribution in [0.4, 0.5) is 0 Å². The third-order valence-corrected chi connectivity index (χ3v) is 4.28. The van der Waals surface area contributed by atoms with Crippen molar-refractivity contribution >= 4 is 0 Å². The topological polar surface area (TPSA) is 21.3 Å².